The fourth-order valence-electron chi connectivity index (χ4n) is 2.48. The van der Waals surface area contributed by atoms with Crippen LogP contribution in [-0.4, -0.2) is 84.1 Å². The normalized spacial score (nSPS) is 28.0. The predicted octanol–water partition coefficient (Wildman–Crippen LogP) is -1.86. The second-order valence-corrected chi connectivity index (χ2v) is 5.71. The molecule has 2 amide bonds. The van der Waals surface area contributed by atoms with Crippen LogP contribution in [0.4, 0.5) is 4.79 Å². The maximum absolute atomic E-state index is 11.9. The van der Waals surface area contributed by atoms with E-state index in [-0.39, 0.29) is 0 Å². The summed E-state index contributed by atoms with van der Waals surface area (Å²) in [5.41, 5.74) is 2.80. The fourth-order valence-corrected chi connectivity index (χ4v) is 2.48. The number of rotatable bonds is 6. The Labute approximate surface area is 155 Å². The molecule has 0 saturated carbocycles. The summed E-state index contributed by atoms with van der Waals surface area (Å²) in [4.78, 5) is 11.9. The van der Waals surface area contributed by atoms with Crippen LogP contribution >= 0.6 is 0 Å². The molecule has 1 heterocycles. The molecule has 27 heavy (non-hydrogen) atoms. The molecule has 0 bridgehead atoms. The molecule has 0 aromatic heterocycles. The second kappa shape index (κ2) is 9.48. The van der Waals surface area contributed by atoms with Gasteiger partial charge in [-0.25, -0.2) is 10.2 Å². The molecule has 0 radical (unpaired) electrons. The number of carbonyl (C=O) groups excluding carboxylic acids is 1. The van der Waals surface area contributed by atoms with Crippen LogP contribution in [0.2, 0.25) is 0 Å². The molecule has 0 spiro atoms. The third-order valence-corrected chi connectivity index (χ3v) is 3.95. The Morgan fingerprint density at radius 3 is 2.52 bits per heavy atom. The molecule has 6 N–H and O–H groups in total. The highest BCUT2D eigenvalue weighted by Gasteiger charge is 2.43. The summed E-state index contributed by atoms with van der Waals surface area (Å²) < 4.78 is 15.4. The van der Waals surface area contributed by atoms with Crippen molar-refractivity contribution in [1.82, 2.24) is 10.7 Å². The highest BCUT2D eigenvalue weighted by atomic mass is 16.6. The van der Waals surface area contributed by atoms with Crippen molar-refractivity contribution in [1.29, 1.82) is 0 Å². The summed E-state index contributed by atoms with van der Waals surface area (Å²) in [6.07, 6.45) is -5.77. The summed E-state index contributed by atoms with van der Waals surface area (Å²) in [6.45, 7) is -0.595. The van der Waals surface area contributed by atoms with Crippen LogP contribution in [0.1, 0.15) is 5.56 Å². The smallest absolute Gasteiger partial charge is 0.337 e. The molecule has 0 unspecified atom stereocenters. The van der Waals surface area contributed by atoms with Crippen molar-refractivity contribution in [3.8, 4) is 11.5 Å². The third kappa shape index (κ3) is 5.05. The summed E-state index contributed by atoms with van der Waals surface area (Å²) in [5, 5.41) is 44.4. The molecule has 2 rings (SSSR count). The molecule has 1 aliphatic heterocycles. The molecular weight excluding hydrogens is 362 g/mol. The maximum atomic E-state index is 11.9. The third-order valence-electron chi connectivity index (χ3n) is 3.95. The fraction of sp³-hybridized carbons (Fsp3) is 0.500. The zero-order valence-electron chi connectivity index (χ0n) is 14.8. The average Bonchev–Trinajstić information content (AvgIpc) is 2.68. The molecule has 11 heteroatoms. The van der Waals surface area contributed by atoms with Gasteiger partial charge in [0.1, 0.15) is 24.4 Å². The number of amides is 2. The molecule has 5 atom stereocenters. The number of benzene rings is 1. The van der Waals surface area contributed by atoms with E-state index in [0.717, 1.165) is 0 Å². The minimum Gasteiger partial charge on any atom is -0.493 e. The van der Waals surface area contributed by atoms with Gasteiger partial charge in [0.15, 0.2) is 17.7 Å². The minimum atomic E-state index is -1.59. The monoisotopic (exact) mass is 385 g/mol. The number of aliphatic hydroxyl groups is 4. The molecule has 1 aliphatic rings. The Balaban J connectivity index is 1.93. The van der Waals surface area contributed by atoms with Crippen molar-refractivity contribution in [3.05, 3.63) is 23.8 Å². The number of aliphatic hydroxyl groups excluding tert-OH is 4. The first-order valence-electron chi connectivity index (χ1n) is 8.03. The summed E-state index contributed by atoms with van der Waals surface area (Å²) in [6, 6.07) is 4.20. The predicted molar refractivity (Wildman–Crippen MR) is 92.6 cm³/mol. The summed E-state index contributed by atoms with van der Waals surface area (Å²) in [7, 11) is 3.00. The number of ether oxygens (including phenoxy) is 3. The van der Waals surface area contributed by atoms with E-state index in [9.17, 15) is 20.1 Å². The van der Waals surface area contributed by atoms with Crippen molar-refractivity contribution in [2.24, 2.45) is 5.10 Å². The summed E-state index contributed by atoms with van der Waals surface area (Å²) in [5.74, 6) is 1.04. The lowest BCUT2D eigenvalue weighted by molar-refractivity contribution is -0.233. The lowest BCUT2D eigenvalue weighted by Gasteiger charge is -2.39. The minimum absolute atomic E-state index is 0.493. The van der Waals surface area contributed by atoms with Crippen LogP contribution in [0.25, 0.3) is 0 Å². The first-order valence-corrected chi connectivity index (χ1v) is 8.03. The first kappa shape index (κ1) is 20.9. The Kier molecular flexibility index (Phi) is 7.33. The standard InChI is InChI=1S/C16H23N3O8/c1-25-9-4-3-8(5-10(9)26-2)6-17-19-16(24)18-15-14(23)13(22)12(21)11(7-20)27-15/h3-6,11-15,20-23H,7H2,1-2H3,(H2,18,19,24)/t11-,12-,13+,14-,15+/m1/s1. The van der Waals surface area contributed by atoms with Gasteiger partial charge in [-0.3, -0.25) is 0 Å². The van der Waals surface area contributed by atoms with Crippen LogP contribution in [0.5, 0.6) is 11.5 Å². The Hall–Kier alpha value is -2.44. The molecule has 11 nitrogen and oxygen atoms in total. The first-order chi connectivity index (χ1) is 12.9. The highest BCUT2D eigenvalue weighted by molar-refractivity contribution is 5.82. The van der Waals surface area contributed by atoms with E-state index in [1.807, 2.05) is 0 Å². The van der Waals surface area contributed by atoms with Gasteiger partial charge >= 0.3 is 6.03 Å². The number of carbonyl (C=O) groups is 1. The van der Waals surface area contributed by atoms with Crippen LogP contribution in [0, 0.1) is 0 Å². The van der Waals surface area contributed by atoms with Gasteiger partial charge in [-0.1, -0.05) is 0 Å². The molecule has 1 saturated heterocycles. The largest absolute Gasteiger partial charge is 0.493 e. The van der Waals surface area contributed by atoms with E-state index in [1.54, 1.807) is 18.2 Å². The lowest BCUT2D eigenvalue weighted by atomic mass is 9.98. The molecular formula is C16H23N3O8. The number of hydrogen-bond acceptors (Lipinski definition) is 9. The van der Waals surface area contributed by atoms with Crippen LogP contribution in [0.15, 0.2) is 23.3 Å². The lowest BCUT2D eigenvalue weighted by Crippen LogP contribution is -2.63. The second-order valence-electron chi connectivity index (χ2n) is 5.71. The molecule has 0 aliphatic carbocycles. The van der Waals surface area contributed by atoms with E-state index in [2.05, 4.69) is 15.8 Å². The SMILES string of the molecule is COc1ccc(C=NNC(=O)N[C@H]2O[C@H](CO)[C@@H](O)[C@H](O)[C@H]2O)cc1OC. The van der Waals surface area contributed by atoms with E-state index in [0.29, 0.717) is 17.1 Å². The quantitative estimate of drug-likeness (QED) is 0.245. The van der Waals surface area contributed by atoms with Gasteiger partial charge in [0.05, 0.1) is 27.0 Å². The van der Waals surface area contributed by atoms with Crippen LogP contribution < -0.4 is 20.2 Å². The average molecular weight is 385 g/mol. The zero-order chi connectivity index (χ0) is 20.0. The highest BCUT2D eigenvalue weighted by Crippen LogP contribution is 2.26. The number of hydrazone groups is 1. The Morgan fingerprint density at radius 1 is 1.19 bits per heavy atom. The van der Waals surface area contributed by atoms with Gasteiger partial charge in [-0.05, 0) is 23.8 Å². The van der Waals surface area contributed by atoms with E-state index < -0.39 is 43.3 Å². The van der Waals surface area contributed by atoms with Crippen molar-refractivity contribution in [2.45, 2.75) is 30.6 Å². The molecule has 1 aromatic rings. The van der Waals surface area contributed by atoms with Crippen LogP contribution in [-0.2, 0) is 4.74 Å². The molecule has 1 aromatic carbocycles. The van der Waals surface area contributed by atoms with E-state index in [4.69, 9.17) is 19.3 Å². The topological polar surface area (TPSA) is 162 Å². The maximum Gasteiger partial charge on any atom is 0.337 e. The van der Waals surface area contributed by atoms with Crippen molar-refractivity contribution >= 4 is 12.2 Å². The number of urea groups is 1. The number of nitrogens with one attached hydrogen (secondary N) is 2. The van der Waals surface area contributed by atoms with Crippen LogP contribution in [0.3, 0.4) is 0 Å². The van der Waals surface area contributed by atoms with Gasteiger partial charge in [0, 0.05) is 0 Å². The van der Waals surface area contributed by atoms with Gasteiger partial charge in [-0.2, -0.15) is 5.10 Å². The Morgan fingerprint density at radius 2 is 1.89 bits per heavy atom. The van der Waals surface area contributed by atoms with Gasteiger partial charge in [-0.15, -0.1) is 0 Å². The van der Waals surface area contributed by atoms with Gasteiger partial charge in [0.2, 0.25) is 0 Å². The van der Waals surface area contributed by atoms with Crippen molar-refractivity contribution in [2.75, 3.05) is 20.8 Å². The number of methoxy groups -OCH3 is 2. The molecule has 1 fully saturated rings. The van der Waals surface area contributed by atoms with E-state index >= 15 is 0 Å². The number of hydrogen-bond donors (Lipinski definition) is 6. The zero-order valence-corrected chi connectivity index (χ0v) is 14.8. The van der Waals surface area contributed by atoms with E-state index in [1.165, 1.54) is 20.4 Å². The van der Waals surface area contributed by atoms with Gasteiger partial charge < -0.3 is 40.0 Å². The number of nitrogens with zero attached hydrogens (tertiary/aromatic N) is 1. The van der Waals surface area contributed by atoms with Crippen molar-refractivity contribution < 1.29 is 39.4 Å². The van der Waals surface area contributed by atoms with Gasteiger partial charge in [0.25, 0.3) is 0 Å². The Bertz CT molecular complexity index is 669. The summed E-state index contributed by atoms with van der Waals surface area (Å²) >= 11 is 0. The molecule has 150 valence electrons. The van der Waals surface area contributed by atoms with Crippen molar-refractivity contribution in [3.63, 3.8) is 0 Å².